The Morgan fingerprint density at radius 1 is 1.15 bits per heavy atom. The molecule has 0 aliphatic heterocycles. The van der Waals surface area contributed by atoms with Gasteiger partial charge in [-0.2, -0.15) is 0 Å². The fourth-order valence-electron chi connectivity index (χ4n) is 1.12. The number of aryl methyl sites for hydroxylation is 1. The second kappa shape index (κ2) is 5.68. The van der Waals surface area contributed by atoms with Crippen LogP contribution >= 0.6 is 0 Å². The minimum atomic E-state index is -0.757. The highest BCUT2D eigenvalue weighted by Gasteiger charge is 2.07. The molecule has 74 valence electrons. The van der Waals surface area contributed by atoms with Gasteiger partial charge in [-0.3, -0.25) is 0 Å². The SMILES string of the molecule is CC.CCc1c(C)ccc(F)c1F. The number of hydrogen-bond donors (Lipinski definition) is 0. The molecule has 1 aromatic carbocycles. The van der Waals surface area contributed by atoms with Crippen molar-refractivity contribution in [1.29, 1.82) is 0 Å². The van der Waals surface area contributed by atoms with E-state index in [0.29, 0.717) is 12.0 Å². The van der Waals surface area contributed by atoms with Crippen molar-refractivity contribution in [1.82, 2.24) is 0 Å². The van der Waals surface area contributed by atoms with Crippen LogP contribution in [0.3, 0.4) is 0 Å². The molecule has 0 unspecified atom stereocenters. The van der Waals surface area contributed by atoms with Gasteiger partial charge in [-0.1, -0.05) is 26.8 Å². The average Bonchev–Trinajstić information content (AvgIpc) is 2.16. The van der Waals surface area contributed by atoms with Gasteiger partial charge in [-0.05, 0) is 30.5 Å². The van der Waals surface area contributed by atoms with E-state index in [1.54, 1.807) is 13.0 Å². The second-order valence-corrected chi connectivity index (χ2v) is 2.51. The Labute approximate surface area is 78.6 Å². The largest absolute Gasteiger partial charge is 0.204 e. The number of halogens is 2. The minimum Gasteiger partial charge on any atom is -0.204 e. The molecule has 0 saturated carbocycles. The zero-order chi connectivity index (χ0) is 10.4. The third kappa shape index (κ3) is 2.79. The van der Waals surface area contributed by atoms with E-state index in [0.717, 1.165) is 11.6 Å². The molecule has 0 heterocycles. The van der Waals surface area contributed by atoms with E-state index in [1.807, 2.05) is 20.8 Å². The molecule has 0 radical (unpaired) electrons. The van der Waals surface area contributed by atoms with Crippen LogP contribution in [-0.2, 0) is 6.42 Å². The summed E-state index contributed by atoms with van der Waals surface area (Å²) in [7, 11) is 0. The van der Waals surface area contributed by atoms with Gasteiger partial charge in [0.25, 0.3) is 0 Å². The Morgan fingerprint density at radius 2 is 1.69 bits per heavy atom. The molecule has 0 N–H and O–H groups in total. The molecule has 0 nitrogen and oxygen atoms in total. The van der Waals surface area contributed by atoms with Crippen molar-refractivity contribution in [2.75, 3.05) is 0 Å². The smallest absolute Gasteiger partial charge is 0.162 e. The van der Waals surface area contributed by atoms with Crippen LogP contribution in [0.2, 0.25) is 0 Å². The van der Waals surface area contributed by atoms with E-state index in [2.05, 4.69) is 0 Å². The third-order valence-electron chi connectivity index (χ3n) is 1.78. The first-order valence-corrected chi connectivity index (χ1v) is 4.60. The van der Waals surface area contributed by atoms with Gasteiger partial charge in [-0.25, -0.2) is 8.78 Å². The molecule has 0 bridgehead atoms. The van der Waals surface area contributed by atoms with Gasteiger partial charge in [0.2, 0.25) is 0 Å². The van der Waals surface area contributed by atoms with Crippen molar-refractivity contribution >= 4 is 0 Å². The molecule has 0 spiro atoms. The van der Waals surface area contributed by atoms with Crippen LogP contribution in [0.1, 0.15) is 31.9 Å². The van der Waals surface area contributed by atoms with Gasteiger partial charge in [0.05, 0.1) is 0 Å². The topological polar surface area (TPSA) is 0 Å². The fourth-order valence-corrected chi connectivity index (χ4v) is 1.12. The zero-order valence-corrected chi connectivity index (χ0v) is 8.62. The van der Waals surface area contributed by atoms with Crippen LogP contribution in [0.4, 0.5) is 8.78 Å². The van der Waals surface area contributed by atoms with Crippen LogP contribution in [0, 0.1) is 18.6 Å². The summed E-state index contributed by atoms with van der Waals surface area (Å²) < 4.78 is 25.5. The molecule has 0 aliphatic carbocycles. The summed E-state index contributed by atoms with van der Waals surface area (Å²) in [5.74, 6) is -1.46. The van der Waals surface area contributed by atoms with Crippen LogP contribution in [0.15, 0.2) is 12.1 Å². The molecule has 1 aromatic rings. The first kappa shape index (κ1) is 12.1. The molecule has 0 amide bonds. The van der Waals surface area contributed by atoms with Crippen molar-refractivity contribution < 1.29 is 8.78 Å². The Bertz CT molecular complexity index is 267. The molecular formula is C11H16F2. The normalized spacial score (nSPS) is 9.08. The Kier molecular flexibility index (Phi) is 5.28. The maximum atomic E-state index is 12.9. The monoisotopic (exact) mass is 186 g/mol. The molecular weight excluding hydrogens is 170 g/mol. The molecule has 13 heavy (non-hydrogen) atoms. The molecule has 1 rings (SSSR count). The van der Waals surface area contributed by atoms with Crippen molar-refractivity contribution in [2.45, 2.75) is 34.1 Å². The predicted molar refractivity (Wildman–Crippen MR) is 51.8 cm³/mol. The highest BCUT2D eigenvalue weighted by molar-refractivity contribution is 5.28. The molecule has 0 aromatic heterocycles. The first-order valence-electron chi connectivity index (χ1n) is 4.60. The van der Waals surface area contributed by atoms with Gasteiger partial charge in [0.15, 0.2) is 11.6 Å². The summed E-state index contributed by atoms with van der Waals surface area (Å²) in [4.78, 5) is 0. The maximum absolute atomic E-state index is 12.9. The molecule has 0 saturated heterocycles. The quantitative estimate of drug-likeness (QED) is 0.624. The van der Waals surface area contributed by atoms with E-state index in [1.165, 1.54) is 0 Å². The van der Waals surface area contributed by atoms with Gasteiger partial charge in [-0.15, -0.1) is 0 Å². The Balaban J connectivity index is 0.000000671. The molecule has 0 aliphatic rings. The maximum Gasteiger partial charge on any atom is 0.162 e. The van der Waals surface area contributed by atoms with E-state index >= 15 is 0 Å². The lowest BCUT2D eigenvalue weighted by molar-refractivity contribution is 0.498. The predicted octanol–water partition coefficient (Wildman–Crippen LogP) is 3.86. The molecule has 0 atom stereocenters. The number of benzene rings is 1. The van der Waals surface area contributed by atoms with Crippen LogP contribution in [-0.4, -0.2) is 0 Å². The van der Waals surface area contributed by atoms with Crippen molar-refractivity contribution in [2.24, 2.45) is 0 Å². The third-order valence-corrected chi connectivity index (χ3v) is 1.78. The summed E-state index contributed by atoms with van der Waals surface area (Å²) in [6.45, 7) is 7.59. The standard InChI is InChI=1S/C9H10F2.C2H6/c1-3-7-6(2)4-5-8(10)9(7)11;1-2/h4-5H,3H2,1-2H3;1-2H3. The summed E-state index contributed by atoms with van der Waals surface area (Å²) in [6, 6.07) is 2.75. The van der Waals surface area contributed by atoms with E-state index in [9.17, 15) is 8.78 Å². The summed E-state index contributed by atoms with van der Waals surface area (Å²) in [5, 5.41) is 0. The lowest BCUT2D eigenvalue weighted by Gasteiger charge is -2.03. The lowest BCUT2D eigenvalue weighted by Crippen LogP contribution is -1.95. The van der Waals surface area contributed by atoms with Crippen LogP contribution in [0.25, 0.3) is 0 Å². The number of rotatable bonds is 1. The Hall–Kier alpha value is -0.920. The summed E-state index contributed by atoms with van der Waals surface area (Å²) >= 11 is 0. The highest BCUT2D eigenvalue weighted by Crippen LogP contribution is 2.16. The van der Waals surface area contributed by atoms with Crippen molar-refractivity contribution in [3.05, 3.63) is 34.9 Å². The highest BCUT2D eigenvalue weighted by atomic mass is 19.2. The van der Waals surface area contributed by atoms with Gasteiger partial charge in [0, 0.05) is 0 Å². The van der Waals surface area contributed by atoms with Crippen molar-refractivity contribution in [3.63, 3.8) is 0 Å². The zero-order valence-electron chi connectivity index (χ0n) is 8.62. The fraction of sp³-hybridized carbons (Fsp3) is 0.455. The van der Waals surface area contributed by atoms with Crippen LogP contribution < -0.4 is 0 Å². The van der Waals surface area contributed by atoms with Gasteiger partial charge >= 0.3 is 0 Å². The summed E-state index contributed by atoms with van der Waals surface area (Å²) in [5.41, 5.74) is 1.29. The summed E-state index contributed by atoms with van der Waals surface area (Å²) in [6.07, 6.45) is 0.537. The molecule has 0 fully saturated rings. The average molecular weight is 186 g/mol. The minimum absolute atomic E-state index is 0.477. The first-order chi connectivity index (χ1) is 6.16. The molecule has 2 heteroatoms. The van der Waals surface area contributed by atoms with Gasteiger partial charge in [0.1, 0.15) is 0 Å². The Morgan fingerprint density at radius 3 is 2.08 bits per heavy atom. The van der Waals surface area contributed by atoms with Crippen LogP contribution in [0.5, 0.6) is 0 Å². The van der Waals surface area contributed by atoms with E-state index < -0.39 is 11.6 Å². The lowest BCUT2D eigenvalue weighted by atomic mass is 10.1. The second-order valence-electron chi connectivity index (χ2n) is 2.51. The number of hydrogen-bond acceptors (Lipinski definition) is 0. The van der Waals surface area contributed by atoms with Gasteiger partial charge < -0.3 is 0 Å². The van der Waals surface area contributed by atoms with E-state index in [-0.39, 0.29) is 0 Å². The van der Waals surface area contributed by atoms with E-state index in [4.69, 9.17) is 0 Å². The van der Waals surface area contributed by atoms with Crippen molar-refractivity contribution in [3.8, 4) is 0 Å².